The largest absolute Gasteiger partial charge is 0.207 e. The lowest BCUT2D eigenvalue weighted by Gasteiger charge is -2.11. The van der Waals surface area contributed by atoms with Crippen LogP contribution in [0.5, 0.6) is 0 Å². The molecule has 0 bridgehead atoms. The third-order valence-corrected chi connectivity index (χ3v) is 3.62. The molecule has 0 aliphatic rings. The van der Waals surface area contributed by atoms with Gasteiger partial charge < -0.3 is 0 Å². The van der Waals surface area contributed by atoms with E-state index in [0.717, 1.165) is 28.2 Å². The van der Waals surface area contributed by atoms with E-state index >= 15 is 0 Å². The van der Waals surface area contributed by atoms with Crippen molar-refractivity contribution < 1.29 is 4.39 Å². The summed E-state index contributed by atoms with van der Waals surface area (Å²) in [5.41, 5.74) is 1.06. The lowest BCUT2D eigenvalue weighted by atomic mass is 9.99. The predicted molar refractivity (Wildman–Crippen MR) is 65.4 cm³/mol. The minimum atomic E-state index is -0.168. The van der Waals surface area contributed by atoms with E-state index < -0.39 is 0 Å². The number of alkyl halides is 1. The van der Waals surface area contributed by atoms with Gasteiger partial charge in [0.15, 0.2) is 0 Å². The van der Waals surface area contributed by atoms with Crippen molar-refractivity contribution in [3.05, 3.63) is 34.1 Å². The minimum absolute atomic E-state index is 0.168. The topological polar surface area (TPSA) is 0 Å². The highest BCUT2D eigenvalue weighted by Gasteiger charge is 2.07. The Bertz CT molecular complexity index is 275. The molecule has 0 saturated heterocycles. The van der Waals surface area contributed by atoms with Crippen LogP contribution in [-0.4, -0.2) is 5.33 Å². The number of rotatable bonds is 4. The minimum Gasteiger partial charge on any atom is -0.207 e. The van der Waals surface area contributed by atoms with Crippen molar-refractivity contribution in [2.45, 2.75) is 19.8 Å². The summed E-state index contributed by atoms with van der Waals surface area (Å²) in [5.74, 6) is 0.419. The van der Waals surface area contributed by atoms with Gasteiger partial charge in [0.2, 0.25) is 0 Å². The Morgan fingerprint density at radius 2 is 2.07 bits per heavy atom. The molecule has 0 radical (unpaired) electrons. The quantitative estimate of drug-likeness (QED) is 0.713. The molecule has 0 amide bonds. The van der Waals surface area contributed by atoms with Crippen LogP contribution in [-0.2, 0) is 6.42 Å². The first-order valence-corrected chi connectivity index (χ1v) is 6.58. The summed E-state index contributed by atoms with van der Waals surface area (Å²) >= 11 is 6.76. The van der Waals surface area contributed by atoms with Gasteiger partial charge in [0, 0.05) is 9.80 Å². The highest BCUT2D eigenvalue weighted by Crippen LogP contribution is 2.19. The standard InChI is InChI=1S/C11H13Br2F/c1-2-8(7-12)3-9-4-10(13)6-11(14)5-9/h4-6,8H,2-3,7H2,1H3. The summed E-state index contributed by atoms with van der Waals surface area (Å²) < 4.78 is 13.9. The van der Waals surface area contributed by atoms with E-state index in [0.29, 0.717) is 5.92 Å². The monoisotopic (exact) mass is 322 g/mol. The first kappa shape index (κ1) is 12.2. The highest BCUT2D eigenvalue weighted by molar-refractivity contribution is 9.10. The van der Waals surface area contributed by atoms with Crippen molar-refractivity contribution in [3.8, 4) is 0 Å². The molecule has 1 unspecified atom stereocenters. The van der Waals surface area contributed by atoms with E-state index in [1.807, 2.05) is 6.07 Å². The van der Waals surface area contributed by atoms with Crippen molar-refractivity contribution in [2.24, 2.45) is 5.92 Å². The Morgan fingerprint density at radius 3 is 2.57 bits per heavy atom. The second-order valence-electron chi connectivity index (χ2n) is 3.41. The molecule has 0 N–H and O–H groups in total. The van der Waals surface area contributed by atoms with Crippen LogP contribution in [0.2, 0.25) is 0 Å². The average Bonchev–Trinajstić information content (AvgIpc) is 2.12. The van der Waals surface area contributed by atoms with Crippen LogP contribution in [0.1, 0.15) is 18.9 Å². The summed E-state index contributed by atoms with van der Waals surface area (Å²) in [6, 6.07) is 5.07. The lowest BCUT2D eigenvalue weighted by molar-refractivity contribution is 0.567. The van der Waals surface area contributed by atoms with Gasteiger partial charge in [0.1, 0.15) is 5.82 Å². The number of hydrogen-bond acceptors (Lipinski definition) is 0. The molecule has 0 heterocycles. The average molecular weight is 324 g/mol. The van der Waals surface area contributed by atoms with Gasteiger partial charge in [-0.25, -0.2) is 4.39 Å². The van der Waals surface area contributed by atoms with Crippen LogP contribution in [0, 0.1) is 11.7 Å². The summed E-state index contributed by atoms with van der Waals surface area (Å²) in [6.45, 7) is 2.15. The van der Waals surface area contributed by atoms with Gasteiger partial charge >= 0.3 is 0 Å². The second-order valence-corrected chi connectivity index (χ2v) is 4.97. The van der Waals surface area contributed by atoms with Crippen LogP contribution in [0.4, 0.5) is 4.39 Å². The lowest BCUT2D eigenvalue weighted by Crippen LogP contribution is -2.04. The fraction of sp³-hybridized carbons (Fsp3) is 0.455. The molecule has 0 nitrogen and oxygen atoms in total. The first-order chi connectivity index (χ1) is 6.65. The Balaban J connectivity index is 2.75. The highest BCUT2D eigenvalue weighted by atomic mass is 79.9. The summed E-state index contributed by atoms with van der Waals surface area (Å²) in [4.78, 5) is 0. The normalized spacial score (nSPS) is 12.9. The zero-order valence-corrected chi connectivity index (χ0v) is 11.2. The molecule has 0 spiro atoms. The smallest absolute Gasteiger partial charge is 0.124 e. The van der Waals surface area contributed by atoms with Crippen molar-refractivity contribution in [1.82, 2.24) is 0 Å². The molecule has 0 aliphatic carbocycles. The van der Waals surface area contributed by atoms with Gasteiger partial charge in [-0.3, -0.25) is 0 Å². The Hall–Kier alpha value is 0.110. The molecular formula is C11H13Br2F. The van der Waals surface area contributed by atoms with Gasteiger partial charge in [0.05, 0.1) is 0 Å². The SMILES string of the molecule is CCC(CBr)Cc1cc(F)cc(Br)c1. The molecule has 0 saturated carbocycles. The van der Waals surface area contributed by atoms with Crippen LogP contribution in [0.15, 0.2) is 22.7 Å². The molecule has 1 rings (SSSR count). The van der Waals surface area contributed by atoms with E-state index in [2.05, 4.69) is 38.8 Å². The zero-order valence-electron chi connectivity index (χ0n) is 8.06. The molecule has 1 aromatic rings. The Labute approximate surface area is 101 Å². The Kier molecular flexibility index (Phi) is 5.10. The van der Waals surface area contributed by atoms with Gasteiger partial charge in [-0.15, -0.1) is 0 Å². The van der Waals surface area contributed by atoms with Crippen LogP contribution < -0.4 is 0 Å². The maximum Gasteiger partial charge on any atom is 0.124 e. The van der Waals surface area contributed by atoms with Crippen LogP contribution in [0.25, 0.3) is 0 Å². The zero-order chi connectivity index (χ0) is 10.6. The fourth-order valence-corrected chi connectivity index (χ4v) is 2.57. The first-order valence-electron chi connectivity index (χ1n) is 4.66. The number of benzene rings is 1. The molecular weight excluding hydrogens is 311 g/mol. The molecule has 14 heavy (non-hydrogen) atoms. The molecule has 1 atom stereocenters. The van der Waals surface area contributed by atoms with Gasteiger partial charge in [0.25, 0.3) is 0 Å². The van der Waals surface area contributed by atoms with Crippen LogP contribution >= 0.6 is 31.9 Å². The molecule has 3 heteroatoms. The van der Waals surface area contributed by atoms with E-state index in [9.17, 15) is 4.39 Å². The van der Waals surface area contributed by atoms with Crippen molar-refractivity contribution >= 4 is 31.9 Å². The maximum absolute atomic E-state index is 13.0. The second kappa shape index (κ2) is 5.86. The fourth-order valence-electron chi connectivity index (χ4n) is 1.37. The number of halogens is 3. The number of hydrogen-bond donors (Lipinski definition) is 0. The van der Waals surface area contributed by atoms with Crippen molar-refractivity contribution in [2.75, 3.05) is 5.33 Å². The third-order valence-electron chi connectivity index (χ3n) is 2.24. The van der Waals surface area contributed by atoms with Crippen molar-refractivity contribution in [3.63, 3.8) is 0 Å². The molecule has 1 aromatic carbocycles. The molecule has 0 aliphatic heterocycles. The predicted octanol–water partition coefficient (Wildman–Crippen LogP) is 4.55. The molecule has 0 fully saturated rings. The maximum atomic E-state index is 13.0. The summed E-state index contributed by atoms with van der Waals surface area (Å²) in [6.07, 6.45) is 2.04. The summed E-state index contributed by atoms with van der Waals surface area (Å²) in [7, 11) is 0. The van der Waals surface area contributed by atoms with Crippen molar-refractivity contribution in [1.29, 1.82) is 0 Å². The molecule has 0 aromatic heterocycles. The third kappa shape index (κ3) is 3.70. The molecule has 78 valence electrons. The van der Waals surface area contributed by atoms with Crippen LogP contribution in [0.3, 0.4) is 0 Å². The summed E-state index contributed by atoms with van der Waals surface area (Å²) in [5, 5.41) is 0.970. The van der Waals surface area contributed by atoms with E-state index in [-0.39, 0.29) is 5.82 Å². The van der Waals surface area contributed by atoms with Gasteiger partial charge in [-0.1, -0.05) is 45.2 Å². The Morgan fingerprint density at radius 1 is 1.36 bits per heavy atom. The van der Waals surface area contributed by atoms with E-state index in [4.69, 9.17) is 0 Å². The van der Waals surface area contributed by atoms with E-state index in [1.165, 1.54) is 6.07 Å². The van der Waals surface area contributed by atoms with E-state index in [1.54, 1.807) is 6.07 Å². The van der Waals surface area contributed by atoms with Gasteiger partial charge in [-0.05, 0) is 36.1 Å². The van der Waals surface area contributed by atoms with Gasteiger partial charge in [-0.2, -0.15) is 0 Å².